The van der Waals surface area contributed by atoms with Gasteiger partial charge in [-0.15, -0.1) is 11.3 Å². The molecule has 0 aliphatic heterocycles. The number of anilines is 2. The largest absolute Gasteiger partial charge is 0.449 e. The highest BCUT2D eigenvalue weighted by Crippen LogP contribution is 2.33. The molecule has 2 N–H and O–H groups in total. The highest BCUT2D eigenvalue weighted by atomic mass is 32.1. The number of benzene rings is 1. The summed E-state index contributed by atoms with van der Waals surface area (Å²) < 4.78 is 5.28. The number of hydrogen-bond donors (Lipinski definition) is 2. The summed E-state index contributed by atoms with van der Waals surface area (Å²) in [5, 5.41) is 14.5. The molecule has 2 aromatic rings. The molecule has 7 nitrogen and oxygen atoms in total. The van der Waals surface area contributed by atoms with Crippen molar-refractivity contribution in [2.45, 2.75) is 33.8 Å². The van der Waals surface area contributed by atoms with Crippen LogP contribution in [-0.2, 0) is 14.3 Å². The third-order valence-electron chi connectivity index (χ3n) is 3.79. The number of rotatable bonds is 5. The third kappa shape index (κ3) is 4.92. The first kappa shape index (κ1) is 20.1. The van der Waals surface area contributed by atoms with Crippen molar-refractivity contribution < 1.29 is 19.1 Å². The molecule has 0 bridgehead atoms. The highest BCUT2D eigenvalue weighted by Gasteiger charge is 2.25. The van der Waals surface area contributed by atoms with Crippen LogP contribution >= 0.6 is 11.3 Å². The van der Waals surface area contributed by atoms with Crippen molar-refractivity contribution >= 4 is 39.8 Å². The minimum atomic E-state index is -1.06. The first-order chi connectivity index (χ1) is 12.7. The van der Waals surface area contributed by atoms with Crippen molar-refractivity contribution in [2.75, 3.05) is 10.6 Å². The van der Waals surface area contributed by atoms with E-state index < -0.39 is 18.0 Å². The molecule has 0 fully saturated rings. The molecular weight excluding hydrogens is 366 g/mol. The van der Waals surface area contributed by atoms with Gasteiger partial charge in [-0.25, -0.2) is 4.79 Å². The predicted molar refractivity (Wildman–Crippen MR) is 103 cm³/mol. The van der Waals surface area contributed by atoms with E-state index in [1.807, 2.05) is 13.0 Å². The Morgan fingerprint density at radius 1 is 1.22 bits per heavy atom. The van der Waals surface area contributed by atoms with Gasteiger partial charge in [-0.2, -0.15) is 5.26 Å². The second-order valence-corrected chi connectivity index (χ2v) is 7.12. The van der Waals surface area contributed by atoms with Crippen LogP contribution in [0.3, 0.4) is 0 Å². The Bertz CT molecular complexity index is 943. The Morgan fingerprint density at radius 2 is 1.93 bits per heavy atom. The van der Waals surface area contributed by atoms with Gasteiger partial charge in [-0.1, -0.05) is 6.07 Å². The van der Waals surface area contributed by atoms with Gasteiger partial charge in [0.15, 0.2) is 6.10 Å². The number of carbonyl (C=O) groups is 3. The van der Waals surface area contributed by atoms with Crippen LogP contribution in [0.5, 0.6) is 0 Å². The fourth-order valence-electron chi connectivity index (χ4n) is 2.30. The van der Waals surface area contributed by atoms with Gasteiger partial charge < -0.3 is 15.4 Å². The average molecular weight is 385 g/mol. The average Bonchev–Trinajstić information content (AvgIpc) is 2.88. The summed E-state index contributed by atoms with van der Waals surface area (Å²) >= 11 is 1.28. The van der Waals surface area contributed by atoms with Crippen molar-refractivity contribution in [1.29, 1.82) is 5.26 Å². The van der Waals surface area contributed by atoms with Crippen molar-refractivity contribution in [3.63, 3.8) is 0 Å². The van der Waals surface area contributed by atoms with Crippen molar-refractivity contribution in [3.05, 3.63) is 45.8 Å². The number of amides is 2. The van der Waals surface area contributed by atoms with E-state index in [-0.39, 0.29) is 11.5 Å². The molecule has 0 aliphatic carbocycles. The van der Waals surface area contributed by atoms with Gasteiger partial charge in [0.1, 0.15) is 5.00 Å². The maximum absolute atomic E-state index is 12.6. The maximum atomic E-state index is 12.6. The number of nitrogens with zero attached hydrogens (tertiary/aromatic N) is 1. The van der Waals surface area contributed by atoms with Gasteiger partial charge in [0.25, 0.3) is 5.91 Å². The molecule has 0 unspecified atom stereocenters. The quantitative estimate of drug-likeness (QED) is 0.767. The van der Waals surface area contributed by atoms with E-state index in [1.165, 1.54) is 31.3 Å². The van der Waals surface area contributed by atoms with Crippen LogP contribution < -0.4 is 10.6 Å². The third-order valence-corrected chi connectivity index (χ3v) is 4.91. The Morgan fingerprint density at radius 3 is 2.56 bits per heavy atom. The summed E-state index contributed by atoms with van der Waals surface area (Å²) in [5.74, 6) is -1.51. The normalized spacial score (nSPS) is 11.2. The molecule has 1 aromatic carbocycles. The SMILES string of the molecule is CC(=O)Nc1sc(C)c(C)c1C(=O)O[C@H](C)C(=O)Nc1cccc(C#N)c1. The second-order valence-electron chi connectivity index (χ2n) is 5.90. The molecule has 8 heteroatoms. The van der Waals surface area contributed by atoms with Gasteiger partial charge in [-0.3, -0.25) is 9.59 Å². The van der Waals surface area contributed by atoms with Gasteiger partial charge in [0, 0.05) is 17.5 Å². The lowest BCUT2D eigenvalue weighted by Crippen LogP contribution is -2.30. The van der Waals surface area contributed by atoms with Gasteiger partial charge in [0.05, 0.1) is 17.2 Å². The fourth-order valence-corrected chi connectivity index (χ4v) is 3.40. The summed E-state index contributed by atoms with van der Waals surface area (Å²) in [4.78, 5) is 37.1. The molecule has 0 spiro atoms. The maximum Gasteiger partial charge on any atom is 0.342 e. The predicted octanol–water partition coefficient (Wildman–Crippen LogP) is 3.38. The van der Waals surface area contributed by atoms with Crippen LogP contribution in [0.2, 0.25) is 0 Å². The number of ether oxygens (including phenoxy) is 1. The second kappa shape index (κ2) is 8.47. The zero-order valence-electron chi connectivity index (χ0n) is 15.4. The van der Waals surface area contributed by atoms with Crippen molar-refractivity contribution in [2.24, 2.45) is 0 Å². The van der Waals surface area contributed by atoms with Gasteiger partial charge >= 0.3 is 5.97 Å². The number of aryl methyl sites for hydroxylation is 1. The van der Waals surface area contributed by atoms with Crippen LogP contribution in [0, 0.1) is 25.2 Å². The van der Waals surface area contributed by atoms with Crippen LogP contribution in [0.15, 0.2) is 24.3 Å². The molecule has 0 aliphatic rings. The summed E-state index contributed by atoms with van der Waals surface area (Å²) in [6, 6.07) is 8.40. The molecule has 1 atom stereocenters. The van der Waals surface area contributed by atoms with Gasteiger partial charge in [0.2, 0.25) is 5.91 Å². The molecule has 2 amide bonds. The molecule has 140 valence electrons. The monoisotopic (exact) mass is 385 g/mol. The Hall–Kier alpha value is -3.18. The highest BCUT2D eigenvalue weighted by molar-refractivity contribution is 7.16. The summed E-state index contributed by atoms with van der Waals surface area (Å²) in [5.41, 5.74) is 1.78. The van der Waals surface area contributed by atoms with E-state index in [4.69, 9.17) is 10.00 Å². The zero-order chi connectivity index (χ0) is 20.1. The summed E-state index contributed by atoms with van der Waals surface area (Å²) in [7, 11) is 0. The molecular formula is C19H19N3O4S. The summed E-state index contributed by atoms with van der Waals surface area (Å²) in [6.07, 6.45) is -1.06. The molecule has 1 heterocycles. The number of carbonyl (C=O) groups excluding carboxylic acids is 3. The van der Waals surface area contributed by atoms with E-state index in [0.29, 0.717) is 21.8 Å². The lowest BCUT2D eigenvalue weighted by atomic mass is 10.1. The molecule has 27 heavy (non-hydrogen) atoms. The van der Waals surface area contributed by atoms with Crippen LogP contribution in [0.25, 0.3) is 0 Å². The van der Waals surface area contributed by atoms with Crippen molar-refractivity contribution in [1.82, 2.24) is 0 Å². The molecule has 0 saturated carbocycles. The molecule has 1 aromatic heterocycles. The number of thiophene rings is 1. The minimum absolute atomic E-state index is 0.249. The first-order valence-electron chi connectivity index (χ1n) is 8.12. The number of hydrogen-bond acceptors (Lipinski definition) is 6. The van der Waals surface area contributed by atoms with E-state index >= 15 is 0 Å². The van der Waals surface area contributed by atoms with Gasteiger partial charge in [-0.05, 0) is 44.5 Å². The summed E-state index contributed by atoms with van der Waals surface area (Å²) in [6.45, 7) is 6.39. The van der Waals surface area contributed by atoms with Crippen LogP contribution in [0.4, 0.5) is 10.7 Å². The van der Waals surface area contributed by atoms with Crippen LogP contribution in [-0.4, -0.2) is 23.9 Å². The lowest BCUT2D eigenvalue weighted by molar-refractivity contribution is -0.123. The Balaban J connectivity index is 2.12. The minimum Gasteiger partial charge on any atom is -0.449 e. The topological polar surface area (TPSA) is 108 Å². The molecule has 0 radical (unpaired) electrons. The fraction of sp³-hybridized carbons (Fsp3) is 0.263. The van der Waals surface area contributed by atoms with E-state index in [0.717, 1.165) is 4.88 Å². The smallest absolute Gasteiger partial charge is 0.342 e. The van der Waals surface area contributed by atoms with Crippen LogP contribution in [0.1, 0.15) is 40.2 Å². The standard InChI is InChI=1S/C19H19N3O4S/c1-10-12(3)27-18(21-13(4)23)16(10)19(25)26-11(2)17(24)22-15-7-5-6-14(8-15)9-20/h5-8,11H,1-4H3,(H,21,23)(H,22,24)/t11-/m1/s1. The molecule has 2 rings (SSSR count). The Labute approximate surface area is 161 Å². The Kier molecular flexibility index (Phi) is 6.32. The number of nitriles is 1. The number of nitrogens with one attached hydrogen (secondary N) is 2. The first-order valence-corrected chi connectivity index (χ1v) is 8.94. The van der Waals surface area contributed by atoms with E-state index in [2.05, 4.69) is 10.6 Å². The molecule has 0 saturated heterocycles. The van der Waals surface area contributed by atoms with Crippen molar-refractivity contribution in [3.8, 4) is 6.07 Å². The lowest BCUT2D eigenvalue weighted by Gasteiger charge is -2.14. The number of esters is 1. The van der Waals surface area contributed by atoms with E-state index in [9.17, 15) is 14.4 Å². The van der Waals surface area contributed by atoms with E-state index in [1.54, 1.807) is 25.1 Å². The zero-order valence-corrected chi connectivity index (χ0v) is 16.2.